The molecule has 122 valence electrons. The Balaban J connectivity index is 1.61. The van der Waals surface area contributed by atoms with Gasteiger partial charge in [0.05, 0.1) is 6.54 Å². The van der Waals surface area contributed by atoms with Gasteiger partial charge in [-0.2, -0.15) is 4.37 Å². The van der Waals surface area contributed by atoms with Crippen molar-refractivity contribution in [3.05, 3.63) is 41.2 Å². The van der Waals surface area contributed by atoms with Gasteiger partial charge in [0.15, 0.2) is 5.82 Å². The summed E-state index contributed by atoms with van der Waals surface area (Å²) in [5.41, 5.74) is 2.39. The predicted octanol–water partition coefficient (Wildman–Crippen LogP) is 1.84. The molecule has 6 nitrogen and oxygen atoms in total. The number of anilines is 1. The number of aryl methyl sites for hydroxylation is 1. The summed E-state index contributed by atoms with van der Waals surface area (Å²) in [6.07, 6.45) is 0. The van der Waals surface area contributed by atoms with Crippen LogP contribution < -0.4 is 4.90 Å². The Labute approximate surface area is 139 Å². The molecule has 2 aromatic rings. The lowest BCUT2D eigenvalue weighted by Gasteiger charge is -2.34. The molecule has 1 aliphatic heterocycles. The number of rotatable bonds is 5. The largest absolute Gasteiger partial charge is 0.377 e. The van der Waals surface area contributed by atoms with Crippen LogP contribution in [0, 0.1) is 6.92 Å². The maximum atomic E-state index is 12.4. The van der Waals surface area contributed by atoms with E-state index in [1.165, 1.54) is 22.7 Å². The minimum atomic E-state index is 0.126. The van der Waals surface area contributed by atoms with E-state index in [1.54, 1.807) is 7.11 Å². The van der Waals surface area contributed by atoms with Crippen LogP contribution in [-0.2, 0) is 22.7 Å². The third kappa shape index (κ3) is 3.86. The standard InChI is InChI=1S/C16H20N4O2S/c1-12-4-3-5-13(8-12)9-19-6-7-20(10-15(19)21)16-17-14(11-22-2)18-23-16/h3-5,8H,6-7,9-11H2,1-2H3. The Bertz CT molecular complexity index is 688. The SMILES string of the molecule is COCc1nsc(N2CCN(Cc3cccc(C)c3)C(=O)C2)n1. The van der Waals surface area contributed by atoms with E-state index >= 15 is 0 Å². The van der Waals surface area contributed by atoms with Crippen LogP contribution in [0.5, 0.6) is 0 Å². The highest BCUT2D eigenvalue weighted by molar-refractivity contribution is 7.09. The zero-order chi connectivity index (χ0) is 16.2. The van der Waals surface area contributed by atoms with Gasteiger partial charge >= 0.3 is 0 Å². The molecule has 1 aromatic carbocycles. The molecule has 0 atom stereocenters. The monoisotopic (exact) mass is 332 g/mol. The summed E-state index contributed by atoms with van der Waals surface area (Å²) >= 11 is 1.32. The van der Waals surface area contributed by atoms with Gasteiger partial charge in [0.2, 0.25) is 11.0 Å². The van der Waals surface area contributed by atoms with E-state index in [4.69, 9.17) is 4.74 Å². The first-order valence-electron chi connectivity index (χ1n) is 7.55. The Morgan fingerprint density at radius 3 is 2.96 bits per heavy atom. The summed E-state index contributed by atoms with van der Waals surface area (Å²) in [5.74, 6) is 0.795. The highest BCUT2D eigenvalue weighted by Crippen LogP contribution is 2.20. The van der Waals surface area contributed by atoms with Crippen LogP contribution >= 0.6 is 11.5 Å². The van der Waals surface area contributed by atoms with E-state index < -0.39 is 0 Å². The van der Waals surface area contributed by atoms with Crippen molar-refractivity contribution >= 4 is 22.6 Å². The molecule has 0 bridgehead atoms. The first-order chi connectivity index (χ1) is 11.2. The van der Waals surface area contributed by atoms with E-state index in [9.17, 15) is 4.79 Å². The van der Waals surface area contributed by atoms with Gasteiger partial charge < -0.3 is 14.5 Å². The third-order valence-electron chi connectivity index (χ3n) is 3.78. The highest BCUT2D eigenvalue weighted by atomic mass is 32.1. The maximum absolute atomic E-state index is 12.4. The lowest BCUT2D eigenvalue weighted by molar-refractivity contribution is -0.131. The van der Waals surface area contributed by atoms with Crippen molar-refractivity contribution in [2.24, 2.45) is 0 Å². The van der Waals surface area contributed by atoms with Crippen molar-refractivity contribution in [2.45, 2.75) is 20.1 Å². The maximum Gasteiger partial charge on any atom is 0.242 e. The summed E-state index contributed by atoms with van der Waals surface area (Å²) in [7, 11) is 1.62. The summed E-state index contributed by atoms with van der Waals surface area (Å²) in [6, 6.07) is 8.29. The second-order valence-electron chi connectivity index (χ2n) is 5.65. The van der Waals surface area contributed by atoms with Gasteiger partial charge in [0.25, 0.3) is 0 Å². The van der Waals surface area contributed by atoms with E-state index in [0.717, 1.165) is 11.7 Å². The van der Waals surface area contributed by atoms with Gasteiger partial charge in [-0.15, -0.1) is 0 Å². The third-order valence-corrected chi connectivity index (χ3v) is 4.59. The molecule has 1 fully saturated rings. The van der Waals surface area contributed by atoms with Gasteiger partial charge in [-0.05, 0) is 12.5 Å². The van der Waals surface area contributed by atoms with E-state index in [-0.39, 0.29) is 5.91 Å². The average Bonchev–Trinajstić information content (AvgIpc) is 2.98. The quantitative estimate of drug-likeness (QED) is 0.836. The molecule has 3 rings (SSSR count). The molecular formula is C16H20N4O2S. The van der Waals surface area contributed by atoms with Crippen molar-refractivity contribution in [3.63, 3.8) is 0 Å². The Kier molecular flexibility index (Phi) is 4.88. The number of nitrogens with zero attached hydrogens (tertiary/aromatic N) is 4. The molecule has 1 aromatic heterocycles. The number of piperazine rings is 1. The van der Waals surface area contributed by atoms with Gasteiger partial charge in [0.1, 0.15) is 6.61 Å². The Hall–Kier alpha value is -1.99. The minimum Gasteiger partial charge on any atom is -0.377 e. The molecule has 23 heavy (non-hydrogen) atoms. The molecule has 1 amide bonds. The summed E-state index contributed by atoms with van der Waals surface area (Å²) < 4.78 is 9.27. The summed E-state index contributed by atoms with van der Waals surface area (Å²) in [5, 5.41) is 0.792. The van der Waals surface area contributed by atoms with Crippen LogP contribution in [0.4, 0.5) is 5.13 Å². The molecule has 1 saturated heterocycles. The van der Waals surface area contributed by atoms with Crippen molar-refractivity contribution < 1.29 is 9.53 Å². The van der Waals surface area contributed by atoms with Crippen molar-refractivity contribution in [2.75, 3.05) is 31.6 Å². The fourth-order valence-electron chi connectivity index (χ4n) is 2.63. The molecule has 0 aliphatic carbocycles. The smallest absolute Gasteiger partial charge is 0.242 e. The number of methoxy groups -OCH3 is 1. The summed E-state index contributed by atoms with van der Waals surface area (Å²) in [6.45, 7) is 4.96. The molecular weight excluding hydrogens is 312 g/mol. The molecule has 0 saturated carbocycles. The molecule has 0 unspecified atom stereocenters. The van der Waals surface area contributed by atoms with Gasteiger partial charge in [-0.1, -0.05) is 29.8 Å². The van der Waals surface area contributed by atoms with Crippen molar-refractivity contribution in [3.8, 4) is 0 Å². The van der Waals surface area contributed by atoms with E-state index in [2.05, 4.69) is 34.5 Å². The van der Waals surface area contributed by atoms with Gasteiger partial charge in [-0.25, -0.2) is 4.98 Å². The molecule has 1 aliphatic rings. The molecule has 7 heteroatoms. The van der Waals surface area contributed by atoms with E-state index in [1.807, 2.05) is 15.9 Å². The highest BCUT2D eigenvalue weighted by Gasteiger charge is 2.26. The number of carbonyl (C=O) groups is 1. The van der Waals surface area contributed by atoms with Crippen LogP contribution in [-0.4, -0.2) is 46.9 Å². The number of benzene rings is 1. The normalized spacial score (nSPS) is 15.3. The van der Waals surface area contributed by atoms with Crippen LogP contribution in [0.15, 0.2) is 24.3 Å². The van der Waals surface area contributed by atoms with Gasteiger partial charge in [0, 0.05) is 38.3 Å². The zero-order valence-electron chi connectivity index (χ0n) is 13.4. The fraction of sp³-hybridized carbons (Fsp3) is 0.438. The lowest BCUT2D eigenvalue weighted by atomic mass is 10.1. The van der Waals surface area contributed by atoms with Crippen molar-refractivity contribution in [1.82, 2.24) is 14.3 Å². The zero-order valence-corrected chi connectivity index (χ0v) is 14.2. The average molecular weight is 332 g/mol. The Morgan fingerprint density at radius 2 is 2.22 bits per heavy atom. The number of hydrogen-bond acceptors (Lipinski definition) is 6. The predicted molar refractivity (Wildman–Crippen MR) is 89.4 cm³/mol. The van der Waals surface area contributed by atoms with Crippen molar-refractivity contribution in [1.29, 1.82) is 0 Å². The fourth-order valence-corrected chi connectivity index (χ4v) is 3.33. The first-order valence-corrected chi connectivity index (χ1v) is 8.33. The number of aromatic nitrogens is 2. The lowest BCUT2D eigenvalue weighted by Crippen LogP contribution is -2.50. The number of carbonyl (C=O) groups excluding carboxylic acids is 1. The van der Waals surface area contributed by atoms with Crippen LogP contribution in [0.25, 0.3) is 0 Å². The number of ether oxygens (including phenoxy) is 1. The van der Waals surface area contributed by atoms with Crippen LogP contribution in [0.2, 0.25) is 0 Å². The number of hydrogen-bond donors (Lipinski definition) is 0. The summed E-state index contributed by atoms with van der Waals surface area (Å²) in [4.78, 5) is 20.7. The second kappa shape index (κ2) is 7.06. The van der Waals surface area contributed by atoms with Gasteiger partial charge in [-0.3, -0.25) is 4.79 Å². The topological polar surface area (TPSA) is 58.6 Å². The molecule has 0 radical (unpaired) electrons. The van der Waals surface area contributed by atoms with E-state index in [0.29, 0.717) is 32.1 Å². The molecule has 0 spiro atoms. The number of amides is 1. The molecule has 2 heterocycles. The minimum absolute atomic E-state index is 0.126. The second-order valence-corrected chi connectivity index (χ2v) is 6.38. The van der Waals surface area contributed by atoms with Crippen LogP contribution in [0.3, 0.4) is 0 Å². The van der Waals surface area contributed by atoms with Crippen LogP contribution in [0.1, 0.15) is 17.0 Å². The Morgan fingerprint density at radius 1 is 1.35 bits per heavy atom. The molecule has 0 N–H and O–H groups in total. The first kappa shape index (κ1) is 15.9.